The fourth-order valence-corrected chi connectivity index (χ4v) is 2.32. The van der Waals surface area contributed by atoms with Crippen LogP contribution in [0.2, 0.25) is 0 Å². The van der Waals surface area contributed by atoms with Crippen LogP contribution < -0.4 is 15.8 Å². The fraction of sp³-hybridized carbons (Fsp3) is 0.188. The van der Waals surface area contributed by atoms with Crippen molar-refractivity contribution in [3.8, 4) is 5.75 Å². The van der Waals surface area contributed by atoms with Crippen LogP contribution in [0.3, 0.4) is 0 Å². The number of rotatable bonds is 7. The molecule has 0 heterocycles. The summed E-state index contributed by atoms with van der Waals surface area (Å²) in [6.45, 7) is 1.29. The van der Waals surface area contributed by atoms with Crippen molar-refractivity contribution in [2.75, 3.05) is 6.61 Å². The SMILES string of the molecule is Cl.NC(=O)COc1ccc(Br)cc1CNCc1ccccc1. The molecular formula is C16H18BrClN2O2. The van der Waals surface area contributed by atoms with E-state index in [1.807, 2.05) is 36.4 Å². The van der Waals surface area contributed by atoms with Crippen LogP contribution in [0.25, 0.3) is 0 Å². The van der Waals surface area contributed by atoms with Crippen molar-refractivity contribution in [1.29, 1.82) is 0 Å². The molecule has 0 aromatic heterocycles. The quantitative estimate of drug-likeness (QED) is 0.770. The molecule has 0 saturated carbocycles. The Bertz CT molecular complexity index is 608. The summed E-state index contributed by atoms with van der Waals surface area (Å²) in [4.78, 5) is 10.8. The summed E-state index contributed by atoms with van der Waals surface area (Å²) in [6.07, 6.45) is 0. The lowest BCUT2D eigenvalue weighted by Crippen LogP contribution is -2.21. The summed E-state index contributed by atoms with van der Waals surface area (Å²) in [5.41, 5.74) is 7.30. The first-order valence-corrected chi connectivity index (χ1v) is 7.38. The molecule has 0 aliphatic heterocycles. The molecule has 6 heteroatoms. The lowest BCUT2D eigenvalue weighted by molar-refractivity contribution is -0.119. The molecule has 0 radical (unpaired) electrons. The van der Waals surface area contributed by atoms with Crippen molar-refractivity contribution in [1.82, 2.24) is 5.32 Å². The van der Waals surface area contributed by atoms with Gasteiger partial charge in [-0.2, -0.15) is 0 Å². The van der Waals surface area contributed by atoms with Gasteiger partial charge in [0, 0.05) is 23.1 Å². The molecule has 0 aliphatic rings. The van der Waals surface area contributed by atoms with Gasteiger partial charge in [-0.1, -0.05) is 46.3 Å². The third-order valence-electron chi connectivity index (χ3n) is 2.88. The van der Waals surface area contributed by atoms with E-state index in [4.69, 9.17) is 10.5 Å². The van der Waals surface area contributed by atoms with Crippen molar-refractivity contribution >= 4 is 34.2 Å². The van der Waals surface area contributed by atoms with Gasteiger partial charge in [-0.15, -0.1) is 12.4 Å². The van der Waals surface area contributed by atoms with E-state index < -0.39 is 5.91 Å². The van der Waals surface area contributed by atoms with E-state index in [0.29, 0.717) is 12.3 Å². The number of nitrogens with one attached hydrogen (secondary N) is 1. The molecule has 0 unspecified atom stereocenters. The normalized spacial score (nSPS) is 9.86. The molecule has 4 nitrogen and oxygen atoms in total. The first-order valence-electron chi connectivity index (χ1n) is 6.59. The summed E-state index contributed by atoms with van der Waals surface area (Å²) >= 11 is 3.44. The molecule has 0 bridgehead atoms. The number of nitrogens with two attached hydrogens (primary N) is 1. The zero-order valence-corrected chi connectivity index (χ0v) is 14.3. The van der Waals surface area contributed by atoms with Gasteiger partial charge in [0.15, 0.2) is 6.61 Å². The molecule has 0 fully saturated rings. The molecule has 2 rings (SSSR count). The Labute approximate surface area is 144 Å². The zero-order chi connectivity index (χ0) is 15.1. The van der Waals surface area contributed by atoms with Gasteiger partial charge in [0.25, 0.3) is 5.91 Å². The standard InChI is InChI=1S/C16H17BrN2O2.ClH/c17-14-6-7-15(21-11-16(18)20)13(8-14)10-19-9-12-4-2-1-3-5-12;/h1-8,19H,9-11H2,(H2,18,20);1H. The smallest absolute Gasteiger partial charge is 0.255 e. The van der Waals surface area contributed by atoms with E-state index in [9.17, 15) is 4.79 Å². The highest BCUT2D eigenvalue weighted by Gasteiger charge is 2.06. The Balaban J connectivity index is 0.00000242. The summed E-state index contributed by atoms with van der Waals surface area (Å²) in [6, 6.07) is 15.8. The molecule has 118 valence electrons. The van der Waals surface area contributed by atoms with E-state index in [1.54, 1.807) is 0 Å². The molecule has 0 aliphatic carbocycles. The number of ether oxygens (including phenoxy) is 1. The maximum atomic E-state index is 10.8. The second kappa shape index (κ2) is 9.46. The Kier molecular flexibility index (Phi) is 7.95. The van der Waals surface area contributed by atoms with Crippen LogP contribution in [0, 0.1) is 0 Å². The predicted octanol–water partition coefficient (Wildman–Crippen LogP) is 3.02. The molecule has 3 N–H and O–H groups in total. The highest BCUT2D eigenvalue weighted by atomic mass is 79.9. The molecule has 22 heavy (non-hydrogen) atoms. The van der Waals surface area contributed by atoms with Gasteiger partial charge >= 0.3 is 0 Å². The van der Waals surface area contributed by atoms with Crippen molar-refractivity contribution < 1.29 is 9.53 Å². The number of halogens is 2. The first kappa shape index (κ1) is 18.5. The monoisotopic (exact) mass is 384 g/mol. The van der Waals surface area contributed by atoms with Crippen LogP contribution >= 0.6 is 28.3 Å². The minimum Gasteiger partial charge on any atom is -0.483 e. The lowest BCUT2D eigenvalue weighted by Gasteiger charge is -2.12. The van der Waals surface area contributed by atoms with E-state index >= 15 is 0 Å². The van der Waals surface area contributed by atoms with E-state index in [-0.39, 0.29) is 19.0 Å². The largest absolute Gasteiger partial charge is 0.483 e. The second-order valence-electron chi connectivity index (χ2n) is 4.60. The van der Waals surface area contributed by atoms with Gasteiger partial charge in [-0.3, -0.25) is 4.79 Å². The van der Waals surface area contributed by atoms with Crippen LogP contribution in [0.4, 0.5) is 0 Å². The van der Waals surface area contributed by atoms with Gasteiger partial charge < -0.3 is 15.8 Å². The molecule has 0 atom stereocenters. The van der Waals surface area contributed by atoms with Gasteiger partial charge in [0.2, 0.25) is 0 Å². The summed E-state index contributed by atoms with van der Waals surface area (Å²) < 4.78 is 6.38. The zero-order valence-electron chi connectivity index (χ0n) is 11.9. The third-order valence-corrected chi connectivity index (χ3v) is 3.37. The first-order chi connectivity index (χ1) is 10.1. The summed E-state index contributed by atoms with van der Waals surface area (Å²) in [7, 11) is 0. The van der Waals surface area contributed by atoms with Crippen molar-refractivity contribution in [3.63, 3.8) is 0 Å². The Morgan fingerprint density at radius 3 is 2.55 bits per heavy atom. The van der Waals surface area contributed by atoms with E-state index in [0.717, 1.165) is 16.6 Å². The second-order valence-corrected chi connectivity index (χ2v) is 5.51. The Morgan fingerprint density at radius 1 is 1.14 bits per heavy atom. The number of benzene rings is 2. The fourth-order valence-electron chi connectivity index (χ4n) is 1.91. The Morgan fingerprint density at radius 2 is 1.86 bits per heavy atom. The third kappa shape index (κ3) is 6.05. The summed E-state index contributed by atoms with van der Waals surface area (Å²) in [5, 5.41) is 3.36. The number of hydrogen-bond acceptors (Lipinski definition) is 3. The Hall–Kier alpha value is -1.56. The number of amides is 1. The number of carbonyl (C=O) groups excluding carboxylic acids is 1. The maximum absolute atomic E-state index is 10.8. The minimum atomic E-state index is -0.485. The molecule has 2 aromatic rings. The minimum absolute atomic E-state index is 0. The van der Waals surface area contributed by atoms with Crippen LogP contribution in [0.5, 0.6) is 5.75 Å². The number of primary amides is 1. The molecule has 2 aromatic carbocycles. The predicted molar refractivity (Wildman–Crippen MR) is 93.1 cm³/mol. The van der Waals surface area contributed by atoms with Crippen LogP contribution in [0.15, 0.2) is 53.0 Å². The average molecular weight is 386 g/mol. The van der Waals surface area contributed by atoms with Crippen molar-refractivity contribution in [3.05, 3.63) is 64.1 Å². The van der Waals surface area contributed by atoms with E-state index in [1.165, 1.54) is 5.56 Å². The molecule has 0 spiro atoms. The van der Waals surface area contributed by atoms with E-state index in [2.05, 4.69) is 33.4 Å². The van der Waals surface area contributed by atoms with Gasteiger partial charge in [-0.05, 0) is 23.8 Å². The average Bonchev–Trinajstić information content (AvgIpc) is 2.47. The molecule has 0 saturated heterocycles. The topological polar surface area (TPSA) is 64.4 Å². The summed E-state index contributed by atoms with van der Waals surface area (Å²) in [5.74, 6) is 0.179. The lowest BCUT2D eigenvalue weighted by atomic mass is 10.2. The number of carbonyl (C=O) groups is 1. The van der Waals surface area contributed by atoms with Gasteiger partial charge in [0.05, 0.1) is 0 Å². The van der Waals surface area contributed by atoms with Gasteiger partial charge in [0.1, 0.15) is 5.75 Å². The van der Waals surface area contributed by atoms with Crippen molar-refractivity contribution in [2.24, 2.45) is 5.73 Å². The van der Waals surface area contributed by atoms with Crippen LogP contribution in [0.1, 0.15) is 11.1 Å². The number of hydrogen-bond donors (Lipinski definition) is 2. The van der Waals surface area contributed by atoms with Crippen LogP contribution in [-0.2, 0) is 17.9 Å². The molecular weight excluding hydrogens is 368 g/mol. The molecule has 1 amide bonds. The van der Waals surface area contributed by atoms with Crippen LogP contribution in [-0.4, -0.2) is 12.5 Å². The van der Waals surface area contributed by atoms with Gasteiger partial charge in [-0.25, -0.2) is 0 Å². The van der Waals surface area contributed by atoms with Crippen molar-refractivity contribution in [2.45, 2.75) is 13.1 Å². The highest BCUT2D eigenvalue weighted by Crippen LogP contribution is 2.23. The highest BCUT2D eigenvalue weighted by molar-refractivity contribution is 9.10. The maximum Gasteiger partial charge on any atom is 0.255 e.